The van der Waals surface area contributed by atoms with Gasteiger partial charge in [0.1, 0.15) is 5.75 Å². The minimum atomic E-state index is -3.55. The molecule has 0 aliphatic carbocycles. The lowest BCUT2D eigenvalue weighted by Gasteiger charge is -2.36. The summed E-state index contributed by atoms with van der Waals surface area (Å²) in [5, 5.41) is 0. The molecular formula is C20H30N2O4S. The lowest BCUT2D eigenvalue weighted by atomic mass is 9.93. The number of carbonyl (C=O) groups is 1. The van der Waals surface area contributed by atoms with Crippen molar-refractivity contribution in [3.8, 4) is 5.75 Å². The molecule has 2 fully saturated rings. The summed E-state index contributed by atoms with van der Waals surface area (Å²) in [6, 6.07) is 5.02. The Hall–Kier alpha value is -1.60. The van der Waals surface area contributed by atoms with Crippen molar-refractivity contribution < 1.29 is 17.9 Å². The van der Waals surface area contributed by atoms with Crippen LogP contribution in [0.25, 0.3) is 0 Å². The van der Waals surface area contributed by atoms with Crippen LogP contribution in [-0.4, -0.2) is 56.8 Å². The Kier molecular flexibility index (Phi) is 6.11. The summed E-state index contributed by atoms with van der Waals surface area (Å²) in [6.07, 6.45) is 3.32. The van der Waals surface area contributed by atoms with Crippen LogP contribution in [0, 0.1) is 18.8 Å². The Morgan fingerprint density at radius 3 is 2.26 bits per heavy atom. The highest BCUT2D eigenvalue weighted by molar-refractivity contribution is 7.89. The lowest BCUT2D eigenvalue weighted by molar-refractivity contribution is -0.138. The van der Waals surface area contributed by atoms with Crippen LogP contribution in [0.4, 0.5) is 0 Å². The largest absolute Gasteiger partial charge is 0.497 e. The number of piperidine rings is 2. The van der Waals surface area contributed by atoms with Gasteiger partial charge in [0.15, 0.2) is 0 Å². The number of likely N-dealkylation sites (tertiary alicyclic amines) is 1. The van der Waals surface area contributed by atoms with Crippen molar-refractivity contribution >= 4 is 15.9 Å². The van der Waals surface area contributed by atoms with Gasteiger partial charge in [-0.1, -0.05) is 6.92 Å². The van der Waals surface area contributed by atoms with Gasteiger partial charge >= 0.3 is 0 Å². The van der Waals surface area contributed by atoms with Gasteiger partial charge in [0.25, 0.3) is 0 Å². The third-order valence-corrected chi connectivity index (χ3v) is 7.96. The Labute approximate surface area is 162 Å². The normalized spacial score (nSPS) is 20.6. The number of benzene rings is 1. The molecule has 0 radical (unpaired) electrons. The first-order valence-corrected chi connectivity index (χ1v) is 11.2. The summed E-state index contributed by atoms with van der Waals surface area (Å²) in [4.78, 5) is 15.0. The number of amides is 1. The first-order valence-electron chi connectivity index (χ1n) is 9.76. The number of sulfonamides is 1. The van der Waals surface area contributed by atoms with E-state index in [1.165, 1.54) is 4.31 Å². The molecule has 0 N–H and O–H groups in total. The quantitative estimate of drug-likeness (QED) is 0.787. The van der Waals surface area contributed by atoms with E-state index in [-0.39, 0.29) is 11.8 Å². The highest BCUT2D eigenvalue weighted by atomic mass is 32.2. The van der Waals surface area contributed by atoms with Gasteiger partial charge in [-0.15, -0.1) is 0 Å². The molecule has 0 unspecified atom stereocenters. The second-order valence-corrected chi connectivity index (χ2v) is 9.72. The predicted octanol–water partition coefficient (Wildman–Crippen LogP) is 2.66. The minimum Gasteiger partial charge on any atom is -0.497 e. The average Bonchev–Trinajstić information content (AvgIpc) is 2.67. The van der Waals surface area contributed by atoms with Crippen molar-refractivity contribution in [2.24, 2.45) is 11.8 Å². The van der Waals surface area contributed by atoms with Crippen LogP contribution in [0.1, 0.15) is 38.2 Å². The SMILES string of the molecule is COc1ccc(S(=O)(=O)N2CCC(C(=O)N3CCC(C)CC3)CC2)c(C)c1. The second kappa shape index (κ2) is 8.19. The van der Waals surface area contributed by atoms with Crippen molar-refractivity contribution in [3.63, 3.8) is 0 Å². The third kappa shape index (κ3) is 4.29. The zero-order chi connectivity index (χ0) is 19.6. The van der Waals surface area contributed by atoms with Gasteiger partial charge in [-0.05, 0) is 62.3 Å². The highest BCUT2D eigenvalue weighted by Gasteiger charge is 2.35. The zero-order valence-electron chi connectivity index (χ0n) is 16.5. The van der Waals surface area contributed by atoms with Crippen LogP contribution in [0.15, 0.2) is 23.1 Å². The van der Waals surface area contributed by atoms with Gasteiger partial charge < -0.3 is 9.64 Å². The monoisotopic (exact) mass is 394 g/mol. The fraction of sp³-hybridized carbons (Fsp3) is 0.650. The van der Waals surface area contributed by atoms with E-state index in [2.05, 4.69) is 6.92 Å². The van der Waals surface area contributed by atoms with Crippen LogP contribution >= 0.6 is 0 Å². The number of rotatable bonds is 4. The van der Waals surface area contributed by atoms with E-state index in [1.54, 1.807) is 32.2 Å². The van der Waals surface area contributed by atoms with Crippen molar-refractivity contribution in [1.29, 1.82) is 0 Å². The van der Waals surface area contributed by atoms with Gasteiger partial charge in [-0.25, -0.2) is 8.42 Å². The molecule has 2 heterocycles. The summed E-state index contributed by atoms with van der Waals surface area (Å²) in [7, 11) is -1.98. The Bertz CT molecular complexity index is 777. The molecule has 2 aliphatic heterocycles. The van der Waals surface area contributed by atoms with Crippen molar-refractivity contribution in [2.75, 3.05) is 33.3 Å². The number of hydrogen-bond acceptors (Lipinski definition) is 4. The molecule has 2 saturated heterocycles. The van der Waals surface area contributed by atoms with E-state index in [9.17, 15) is 13.2 Å². The molecule has 1 amide bonds. The zero-order valence-corrected chi connectivity index (χ0v) is 17.3. The van der Waals surface area contributed by atoms with Gasteiger partial charge in [0, 0.05) is 32.1 Å². The molecule has 6 nitrogen and oxygen atoms in total. The third-order valence-electron chi connectivity index (χ3n) is 5.90. The second-order valence-electron chi connectivity index (χ2n) is 7.82. The first-order chi connectivity index (χ1) is 12.8. The molecule has 0 aromatic heterocycles. The molecule has 1 aromatic rings. The fourth-order valence-corrected chi connectivity index (χ4v) is 5.68. The number of aryl methyl sites for hydroxylation is 1. The summed E-state index contributed by atoms with van der Waals surface area (Å²) in [6.45, 7) is 6.48. The summed E-state index contributed by atoms with van der Waals surface area (Å²) in [5.41, 5.74) is 0.676. The first kappa shape index (κ1) is 20.1. The van der Waals surface area contributed by atoms with E-state index in [1.807, 2.05) is 4.90 Å². The average molecular weight is 395 g/mol. The van der Waals surface area contributed by atoms with Crippen molar-refractivity contribution in [1.82, 2.24) is 9.21 Å². The Morgan fingerprint density at radius 1 is 1.07 bits per heavy atom. The highest BCUT2D eigenvalue weighted by Crippen LogP contribution is 2.29. The Morgan fingerprint density at radius 2 is 1.70 bits per heavy atom. The van der Waals surface area contributed by atoms with E-state index >= 15 is 0 Å². The van der Waals surface area contributed by atoms with Crippen LogP contribution in [0.5, 0.6) is 5.75 Å². The van der Waals surface area contributed by atoms with Gasteiger partial charge in [-0.2, -0.15) is 4.31 Å². The maximum Gasteiger partial charge on any atom is 0.243 e. The summed E-state index contributed by atoms with van der Waals surface area (Å²) in [5.74, 6) is 1.49. The molecule has 1 aromatic carbocycles. The lowest BCUT2D eigenvalue weighted by Crippen LogP contribution is -2.46. The molecule has 0 saturated carbocycles. The molecule has 2 aliphatic rings. The van der Waals surface area contributed by atoms with Gasteiger partial charge in [0.05, 0.1) is 12.0 Å². The number of hydrogen-bond donors (Lipinski definition) is 0. The molecule has 3 rings (SSSR count). The van der Waals surface area contributed by atoms with Crippen LogP contribution in [0.2, 0.25) is 0 Å². The van der Waals surface area contributed by atoms with Crippen molar-refractivity contribution in [3.05, 3.63) is 23.8 Å². The fourth-order valence-electron chi connectivity index (χ4n) is 4.01. The van der Waals surface area contributed by atoms with Gasteiger partial charge in [0.2, 0.25) is 15.9 Å². The molecular weight excluding hydrogens is 364 g/mol. The molecule has 150 valence electrons. The van der Waals surface area contributed by atoms with Crippen LogP contribution < -0.4 is 4.74 Å². The maximum atomic E-state index is 13.0. The standard InChI is InChI=1S/C20H30N2O4S/c1-15-6-10-21(11-7-15)20(23)17-8-12-22(13-9-17)27(24,25)19-5-4-18(26-3)14-16(19)2/h4-5,14-15,17H,6-13H2,1-3H3. The van der Waals surface area contributed by atoms with Crippen LogP contribution in [-0.2, 0) is 14.8 Å². The molecule has 0 bridgehead atoms. The summed E-state index contributed by atoms with van der Waals surface area (Å²) >= 11 is 0. The number of carbonyl (C=O) groups excluding carboxylic acids is 1. The number of ether oxygens (including phenoxy) is 1. The number of nitrogens with zero attached hydrogens (tertiary/aromatic N) is 2. The van der Waals surface area contributed by atoms with Crippen molar-refractivity contribution in [2.45, 2.75) is 44.4 Å². The van der Waals surface area contributed by atoms with E-state index in [0.29, 0.717) is 48.1 Å². The smallest absolute Gasteiger partial charge is 0.243 e. The topological polar surface area (TPSA) is 66.9 Å². The van der Waals surface area contributed by atoms with Gasteiger partial charge in [-0.3, -0.25) is 4.79 Å². The minimum absolute atomic E-state index is 0.0539. The molecule has 0 spiro atoms. The molecule has 7 heteroatoms. The predicted molar refractivity (Wildman–Crippen MR) is 104 cm³/mol. The Balaban J connectivity index is 1.63. The maximum absolute atomic E-state index is 13.0. The number of methoxy groups -OCH3 is 1. The summed E-state index contributed by atoms with van der Waals surface area (Å²) < 4.78 is 32.7. The van der Waals surface area contributed by atoms with E-state index in [0.717, 1.165) is 25.9 Å². The van der Waals surface area contributed by atoms with Crippen LogP contribution in [0.3, 0.4) is 0 Å². The van der Waals surface area contributed by atoms with E-state index < -0.39 is 10.0 Å². The molecule has 27 heavy (non-hydrogen) atoms. The van der Waals surface area contributed by atoms with E-state index in [4.69, 9.17) is 4.74 Å². The molecule has 0 atom stereocenters.